The van der Waals surface area contributed by atoms with E-state index >= 15 is 0 Å². The van der Waals surface area contributed by atoms with Crippen molar-refractivity contribution in [3.05, 3.63) is 35.6 Å². The van der Waals surface area contributed by atoms with Gasteiger partial charge in [-0.25, -0.2) is 4.39 Å². The molecule has 0 N–H and O–H groups in total. The van der Waals surface area contributed by atoms with E-state index in [-0.39, 0.29) is 23.9 Å². The predicted octanol–water partition coefficient (Wildman–Crippen LogP) is 3.57. The minimum Gasteiger partial charge on any atom is -0.378 e. The highest BCUT2D eigenvalue weighted by atomic mass is 19.1. The van der Waals surface area contributed by atoms with E-state index in [1.54, 1.807) is 6.07 Å². The summed E-state index contributed by atoms with van der Waals surface area (Å²) < 4.78 is 25.0. The van der Waals surface area contributed by atoms with Crippen LogP contribution in [0.1, 0.15) is 44.8 Å². The summed E-state index contributed by atoms with van der Waals surface area (Å²) in [4.78, 5) is 14.6. The molecule has 138 valence electrons. The average Bonchev–Trinajstić information content (AvgIpc) is 2.62. The van der Waals surface area contributed by atoms with Crippen molar-refractivity contribution >= 4 is 5.91 Å². The van der Waals surface area contributed by atoms with Gasteiger partial charge < -0.3 is 14.4 Å². The van der Waals surface area contributed by atoms with E-state index in [2.05, 4.69) is 13.8 Å². The van der Waals surface area contributed by atoms with Crippen LogP contribution in [-0.2, 0) is 14.3 Å². The van der Waals surface area contributed by atoms with Crippen LogP contribution < -0.4 is 0 Å². The number of hydrogen-bond acceptors (Lipinski definition) is 3. The Balaban J connectivity index is 1.57. The number of carbonyl (C=O) groups is 1. The molecule has 0 aromatic heterocycles. The van der Waals surface area contributed by atoms with Gasteiger partial charge in [-0.3, -0.25) is 4.79 Å². The van der Waals surface area contributed by atoms with Gasteiger partial charge in [0, 0.05) is 19.6 Å². The molecule has 2 saturated heterocycles. The second-order valence-corrected chi connectivity index (χ2v) is 7.50. The molecule has 2 aliphatic heterocycles. The molecular formula is C20H28FNO3. The predicted molar refractivity (Wildman–Crippen MR) is 93.6 cm³/mol. The summed E-state index contributed by atoms with van der Waals surface area (Å²) in [6.45, 7) is 6.69. The van der Waals surface area contributed by atoms with Gasteiger partial charge in [0.25, 0.3) is 0 Å². The van der Waals surface area contributed by atoms with Crippen molar-refractivity contribution in [2.45, 2.75) is 45.3 Å². The van der Waals surface area contributed by atoms with Gasteiger partial charge >= 0.3 is 0 Å². The lowest BCUT2D eigenvalue weighted by Crippen LogP contribution is -2.43. The number of rotatable bonds is 4. The van der Waals surface area contributed by atoms with Crippen LogP contribution in [0.15, 0.2) is 24.3 Å². The van der Waals surface area contributed by atoms with Crippen molar-refractivity contribution in [3.8, 4) is 0 Å². The SMILES string of the molecule is CC(C)[C@@H]1C[C@@H](CC(=O)N2CCO[C@H](c3cccc(F)c3)C2)CCO1. The third-order valence-corrected chi connectivity index (χ3v) is 5.27. The first kappa shape index (κ1) is 18.3. The lowest BCUT2D eigenvalue weighted by atomic mass is 9.87. The van der Waals surface area contributed by atoms with Gasteiger partial charge in [0.1, 0.15) is 11.9 Å². The maximum Gasteiger partial charge on any atom is 0.223 e. The summed E-state index contributed by atoms with van der Waals surface area (Å²) in [6.07, 6.45) is 2.50. The lowest BCUT2D eigenvalue weighted by molar-refractivity contribution is -0.141. The highest BCUT2D eigenvalue weighted by Crippen LogP contribution is 2.29. The van der Waals surface area contributed by atoms with E-state index in [0.29, 0.717) is 38.0 Å². The van der Waals surface area contributed by atoms with Crippen LogP contribution in [0.4, 0.5) is 4.39 Å². The minimum atomic E-state index is -0.272. The molecule has 0 saturated carbocycles. The van der Waals surface area contributed by atoms with Gasteiger partial charge in [-0.1, -0.05) is 26.0 Å². The van der Waals surface area contributed by atoms with E-state index in [9.17, 15) is 9.18 Å². The smallest absolute Gasteiger partial charge is 0.223 e. The summed E-state index contributed by atoms with van der Waals surface area (Å²) in [5.41, 5.74) is 0.795. The van der Waals surface area contributed by atoms with Crippen molar-refractivity contribution in [1.29, 1.82) is 0 Å². The fourth-order valence-corrected chi connectivity index (χ4v) is 3.71. The molecule has 1 amide bonds. The Morgan fingerprint density at radius 2 is 2.16 bits per heavy atom. The molecule has 3 atom stereocenters. The number of benzene rings is 1. The molecule has 25 heavy (non-hydrogen) atoms. The molecule has 0 unspecified atom stereocenters. The zero-order chi connectivity index (χ0) is 17.8. The van der Waals surface area contributed by atoms with E-state index in [0.717, 1.165) is 25.0 Å². The second kappa shape index (κ2) is 8.28. The molecule has 0 radical (unpaired) electrons. The van der Waals surface area contributed by atoms with Crippen molar-refractivity contribution in [1.82, 2.24) is 4.90 Å². The second-order valence-electron chi connectivity index (χ2n) is 7.50. The van der Waals surface area contributed by atoms with Gasteiger partial charge in [0.2, 0.25) is 5.91 Å². The van der Waals surface area contributed by atoms with E-state index in [4.69, 9.17) is 9.47 Å². The van der Waals surface area contributed by atoms with Gasteiger partial charge in [0.15, 0.2) is 0 Å². The first-order valence-corrected chi connectivity index (χ1v) is 9.29. The van der Waals surface area contributed by atoms with Crippen LogP contribution in [0.5, 0.6) is 0 Å². The molecule has 5 heteroatoms. The number of amides is 1. The molecule has 4 nitrogen and oxygen atoms in total. The summed E-state index contributed by atoms with van der Waals surface area (Å²) in [7, 11) is 0. The van der Waals surface area contributed by atoms with Crippen LogP contribution in [0.2, 0.25) is 0 Å². The highest BCUT2D eigenvalue weighted by molar-refractivity contribution is 5.76. The first-order valence-electron chi connectivity index (χ1n) is 9.29. The Hall–Kier alpha value is -1.46. The van der Waals surface area contributed by atoms with Crippen molar-refractivity contribution in [2.75, 3.05) is 26.3 Å². The van der Waals surface area contributed by atoms with E-state index < -0.39 is 0 Å². The lowest BCUT2D eigenvalue weighted by Gasteiger charge is -2.36. The Morgan fingerprint density at radius 1 is 1.32 bits per heavy atom. The maximum atomic E-state index is 13.4. The molecular weight excluding hydrogens is 321 g/mol. The number of ether oxygens (including phenoxy) is 2. The quantitative estimate of drug-likeness (QED) is 0.834. The Labute approximate surface area is 149 Å². The summed E-state index contributed by atoms with van der Waals surface area (Å²) in [5.74, 6) is 0.786. The largest absolute Gasteiger partial charge is 0.378 e. The topological polar surface area (TPSA) is 38.8 Å². The Morgan fingerprint density at radius 3 is 2.92 bits per heavy atom. The van der Waals surface area contributed by atoms with Crippen LogP contribution in [-0.4, -0.2) is 43.2 Å². The fourth-order valence-electron chi connectivity index (χ4n) is 3.71. The molecule has 0 bridgehead atoms. The molecule has 2 aliphatic rings. The summed E-state index contributed by atoms with van der Waals surface area (Å²) >= 11 is 0. The van der Waals surface area contributed by atoms with Gasteiger partial charge in [-0.2, -0.15) is 0 Å². The zero-order valence-electron chi connectivity index (χ0n) is 15.1. The first-order chi connectivity index (χ1) is 12.0. The average molecular weight is 349 g/mol. The standard InChI is InChI=1S/C20H28FNO3/c1-14(2)18-10-15(6-8-24-18)11-20(23)22-7-9-25-19(13-22)16-4-3-5-17(21)12-16/h3-5,12,14-15,18-19H,6-11,13H2,1-2H3/t15-,18-,19-/m0/s1. The van der Waals surface area contributed by atoms with Crippen LogP contribution in [0, 0.1) is 17.7 Å². The molecule has 0 aliphatic carbocycles. The van der Waals surface area contributed by atoms with Gasteiger partial charge in [-0.05, 0) is 42.4 Å². The number of morpholine rings is 1. The fraction of sp³-hybridized carbons (Fsp3) is 0.650. The maximum absolute atomic E-state index is 13.4. The van der Waals surface area contributed by atoms with Crippen LogP contribution in [0.25, 0.3) is 0 Å². The number of carbonyl (C=O) groups excluding carboxylic acids is 1. The highest BCUT2D eigenvalue weighted by Gasteiger charge is 2.30. The molecule has 1 aromatic rings. The van der Waals surface area contributed by atoms with Crippen molar-refractivity contribution in [3.63, 3.8) is 0 Å². The minimum absolute atomic E-state index is 0.180. The summed E-state index contributed by atoms with van der Waals surface area (Å²) in [5, 5.41) is 0. The number of halogens is 1. The monoisotopic (exact) mass is 349 g/mol. The van der Waals surface area contributed by atoms with Crippen molar-refractivity contribution in [2.24, 2.45) is 11.8 Å². The van der Waals surface area contributed by atoms with E-state index in [1.807, 2.05) is 11.0 Å². The van der Waals surface area contributed by atoms with E-state index in [1.165, 1.54) is 12.1 Å². The molecule has 0 spiro atoms. The normalized spacial score (nSPS) is 27.5. The third-order valence-electron chi connectivity index (χ3n) is 5.27. The Bertz CT molecular complexity index is 592. The zero-order valence-corrected chi connectivity index (χ0v) is 15.1. The summed E-state index contributed by atoms with van der Waals surface area (Å²) in [6, 6.07) is 6.45. The third kappa shape index (κ3) is 4.79. The Kier molecular flexibility index (Phi) is 6.07. The van der Waals surface area contributed by atoms with Gasteiger partial charge in [0.05, 0.1) is 19.3 Å². The molecule has 1 aromatic carbocycles. The molecule has 2 heterocycles. The van der Waals surface area contributed by atoms with Crippen LogP contribution in [0.3, 0.4) is 0 Å². The number of nitrogens with zero attached hydrogens (tertiary/aromatic N) is 1. The van der Waals surface area contributed by atoms with Crippen LogP contribution >= 0.6 is 0 Å². The molecule has 2 fully saturated rings. The van der Waals surface area contributed by atoms with Gasteiger partial charge in [-0.15, -0.1) is 0 Å². The van der Waals surface area contributed by atoms with Crippen molar-refractivity contribution < 1.29 is 18.7 Å². The molecule has 3 rings (SSSR count). The number of hydrogen-bond donors (Lipinski definition) is 0.